The molecule has 1 saturated heterocycles. The van der Waals surface area contributed by atoms with E-state index in [2.05, 4.69) is 6.58 Å². The van der Waals surface area contributed by atoms with Crippen LogP contribution < -0.4 is 0 Å². The molecule has 3 heteroatoms. The lowest BCUT2D eigenvalue weighted by atomic mass is 9.74. The zero-order valence-electron chi connectivity index (χ0n) is 10.4. The number of ketones is 1. The number of carbonyl (C=O) groups is 2. The summed E-state index contributed by atoms with van der Waals surface area (Å²) in [5.74, 6) is -0.527. The average molecular weight is 224 g/mol. The highest BCUT2D eigenvalue weighted by atomic mass is 16.5. The minimum atomic E-state index is -0.996. The van der Waals surface area contributed by atoms with Crippen molar-refractivity contribution in [3.8, 4) is 0 Å². The second-order valence-electron chi connectivity index (χ2n) is 5.15. The fourth-order valence-electron chi connectivity index (χ4n) is 2.20. The third-order valence-electron chi connectivity index (χ3n) is 3.38. The summed E-state index contributed by atoms with van der Waals surface area (Å²) in [6.07, 6.45) is 2.22. The van der Waals surface area contributed by atoms with Gasteiger partial charge in [0.2, 0.25) is 0 Å². The lowest BCUT2D eigenvalue weighted by Gasteiger charge is -2.38. The number of allylic oxidation sites excluding steroid dienone is 1. The maximum absolute atomic E-state index is 12.0. The molecule has 0 bridgehead atoms. The molecule has 90 valence electrons. The van der Waals surface area contributed by atoms with E-state index in [1.54, 1.807) is 19.9 Å². The van der Waals surface area contributed by atoms with Crippen LogP contribution in [0.2, 0.25) is 0 Å². The Bertz CT molecular complexity index is 317. The first kappa shape index (κ1) is 12.9. The van der Waals surface area contributed by atoms with E-state index >= 15 is 0 Å². The van der Waals surface area contributed by atoms with Gasteiger partial charge >= 0.3 is 5.97 Å². The van der Waals surface area contributed by atoms with Crippen molar-refractivity contribution in [3.05, 3.63) is 12.7 Å². The number of ether oxygens (including phenoxy) is 1. The molecule has 16 heavy (non-hydrogen) atoms. The van der Waals surface area contributed by atoms with Gasteiger partial charge in [-0.2, -0.15) is 0 Å². The van der Waals surface area contributed by atoms with E-state index in [0.29, 0.717) is 0 Å². The van der Waals surface area contributed by atoms with Crippen molar-refractivity contribution in [1.29, 1.82) is 0 Å². The van der Waals surface area contributed by atoms with E-state index in [9.17, 15) is 9.59 Å². The van der Waals surface area contributed by atoms with E-state index in [-0.39, 0.29) is 23.7 Å². The molecule has 0 aliphatic carbocycles. The normalized spacial score (nSPS) is 30.8. The van der Waals surface area contributed by atoms with Crippen molar-refractivity contribution in [2.24, 2.45) is 17.3 Å². The van der Waals surface area contributed by atoms with Gasteiger partial charge in [-0.3, -0.25) is 9.59 Å². The predicted molar refractivity (Wildman–Crippen MR) is 61.8 cm³/mol. The van der Waals surface area contributed by atoms with Gasteiger partial charge in [-0.25, -0.2) is 0 Å². The molecular formula is C13H20O3. The Kier molecular flexibility index (Phi) is 3.56. The summed E-state index contributed by atoms with van der Waals surface area (Å²) < 4.78 is 5.39. The Morgan fingerprint density at radius 3 is 2.56 bits per heavy atom. The first-order valence-corrected chi connectivity index (χ1v) is 5.68. The van der Waals surface area contributed by atoms with Gasteiger partial charge in [0.1, 0.15) is 11.5 Å². The van der Waals surface area contributed by atoms with E-state index in [4.69, 9.17) is 4.74 Å². The Balaban J connectivity index is 2.89. The van der Waals surface area contributed by atoms with E-state index in [0.717, 1.165) is 6.42 Å². The third kappa shape index (κ3) is 2.04. The molecule has 0 spiro atoms. The first-order chi connectivity index (χ1) is 7.32. The number of rotatable bonds is 3. The van der Waals surface area contributed by atoms with Gasteiger partial charge in [0, 0.05) is 0 Å². The molecule has 2 unspecified atom stereocenters. The van der Waals surface area contributed by atoms with Crippen molar-refractivity contribution in [3.63, 3.8) is 0 Å². The Morgan fingerprint density at radius 1 is 1.50 bits per heavy atom. The Hall–Kier alpha value is -1.12. The van der Waals surface area contributed by atoms with Gasteiger partial charge in [0.05, 0.1) is 5.92 Å². The van der Waals surface area contributed by atoms with Gasteiger partial charge < -0.3 is 4.74 Å². The smallest absolute Gasteiger partial charge is 0.319 e. The lowest BCUT2D eigenvalue weighted by molar-refractivity contribution is -0.180. The molecule has 1 rings (SSSR count). The molecule has 0 aromatic rings. The minimum Gasteiger partial charge on any atom is -0.461 e. The summed E-state index contributed by atoms with van der Waals surface area (Å²) in [4.78, 5) is 23.8. The Morgan fingerprint density at radius 2 is 2.06 bits per heavy atom. The molecule has 0 amide bonds. The quantitative estimate of drug-likeness (QED) is 0.420. The molecule has 0 aromatic heterocycles. The van der Waals surface area contributed by atoms with Crippen LogP contribution in [0.15, 0.2) is 12.7 Å². The third-order valence-corrected chi connectivity index (χ3v) is 3.38. The monoisotopic (exact) mass is 224 g/mol. The van der Waals surface area contributed by atoms with Crippen molar-refractivity contribution < 1.29 is 14.3 Å². The second kappa shape index (κ2) is 4.40. The molecule has 1 aliphatic heterocycles. The first-order valence-electron chi connectivity index (χ1n) is 5.68. The van der Waals surface area contributed by atoms with Crippen LogP contribution in [0.1, 0.15) is 34.1 Å². The molecule has 3 nitrogen and oxygen atoms in total. The Labute approximate surface area is 96.9 Å². The largest absolute Gasteiger partial charge is 0.461 e. The maximum Gasteiger partial charge on any atom is 0.319 e. The summed E-state index contributed by atoms with van der Waals surface area (Å²) in [5.41, 5.74) is -0.996. The van der Waals surface area contributed by atoms with E-state index in [1.165, 1.54) is 0 Å². The highest BCUT2D eigenvalue weighted by molar-refractivity contribution is 6.05. The average Bonchev–Trinajstić information content (AvgIpc) is 2.21. The molecule has 1 fully saturated rings. The summed E-state index contributed by atoms with van der Waals surface area (Å²) in [6, 6.07) is 0. The van der Waals surface area contributed by atoms with Gasteiger partial charge in [0.15, 0.2) is 5.78 Å². The second-order valence-corrected chi connectivity index (χ2v) is 5.15. The standard InChI is InChI=1S/C13H20O3/c1-6-7-8(2)10-9(3)11(14)13(4,5)12(15)16-10/h6,8-10H,1,7H2,2-5H3/t8?,9?,10-/m0/s1. The molecular weight excluding hydrogens is 204 g/mol. The van der Waals surface area contributed by atoms with Crippen molar-refractivity contribution >= 4 is 11.8 Å². The summed E-state index contributed by atoms with van der Waals surface area (Å²) in [5, 5.41) is 0. The van der Waals surface area contributed by atoms with Crippen LogP contribution in [-0.4, -0.2) is 17.9 Å². The van der Waals surface area contributed by atoms with Gasteiger partial charge in [-0.15, -0.1) is 6.58 Å². The molecule has 0 radical (unpaired) electrons. The maximum atomic E-state index is 12.0. The number of Topliss-reactive ketones (excluding diaryl/α,β-unsaturated/α-hetero) is 1. The van der Waals surface area contributed by atoms with E-state index in [1.807, 2.05) is 13.8 Å². The van der Waals surface area contributed by atoms with E-state index < -0.39 is 11.4 Å². The molecule has 0 aromatic carbocycles. The van der Waals surface area contributed by atoms with Crippen LogP contribution in [0.25, 0.3) is 0 Å². The molecule has 0 saturated carbocycles. The zero-order chi connectivity index (χ0) is 12.5. The topological polar surface area (TPSA) is 43.4 Å². The highest BCUT2D eigenvalue weighted by Crippen LogP contribution is 2.35. The minimum absolute atomic E-state index is 0.0235. The molecule has 3 atom stereocenters. The number of carbonyl (C=O) groups excluding carboxylic acids is 2. The number of hydrogen-bond acceptors (Lipinski definition) is 3. The van der Waals surface area contributed by atoms with Crippen molar-refractivity contribution in [1.82, 2.24) is 0 Å². The van der Waals surface area contributed by atoms with Crippen LogP contribution in [0.3, 0.4) is 0 Å². The fourth-order valence-corrected chi connectivity index (χ4v) is 2.20. The lowest BCUT2D eigenvalue weighted by Crippen LogP contribution is -2.51. The number of cyclic esters (lactones) is 1. The fraction of sp³-hybridized carbons (Fsp3) is 0.692. The SMILES string of the molecule is C=CCC(C)[C@@H]1OC(=O)C(C)(C)C(=O)C1C. The van der Waals surface area contributed by atoms with Crippen LogP contribution in [-0.2, 0) is 14.3 Å². The number of esters is 1. The van der Waals surface area contributed by atoms with Crippen LogP contribution in [0.5, 0.6) is 0 Å². The van der Waals surface area contributed by atoms with Crippen molar-refractivity contribution in [2.45, 2.75) is 40.2 Å². The van der Waals surface area contributed by atoms with Gasteiger partial charge in [-0.05, 0) is 26.2 Å². The predicted octanol–water partition coefficient (Wildman–Crippen LogP) is 2.36. The molecule has 1 heterocycles. The van der Waals surface area contributed by atoms with Crippen LogP contribution in [0, 0.1) is 17.3 Å². The zero-order valence-corrected chi connectivity index (χ0v) is 10.4. The van der Waals surface area contributed by atoms with Gasteiger partial charge in [0.25, 0.3) is 0 Å². The summed E-state index contributed by atoms with van der Waals surface area (Å²) >= 11 is 0. The molecule has 1 aliphatic rings. The summed E-state index contributed by atoms with van der Waals surface area (Å²) in [7, 11) is 0. The van der Waals surface area contributed by atoms with Crippen LogP contribution in [0.4, 0.5) is 0 Å². The molecule has 0 N–H and O–H groups in total. The summed E-state index contributed by atoms with van der Waals surface area (Å²) in [6.45, 7) is 10.7. The highest BCUT2D eigenvalue weighted by Gasteiger charge is 2.49. The number of hydrogen-bond donors (Lipinski definition) is 0. The van der Waals surface area contributed by atoms with Crippen LogP contribution >= 0.6 is 0 Å². The van der Waals surface area contributed by atoms with Crippen molar-refractivity contribution in [2.75, 3.05) is 0 Å². The van der Waals surface area contributed by atoms with Gasteiger partial charge in [-0.1, -0.05) is 19.9 Å².